The topological polar surface area (TPSA) is 117 Å². The van der Waals surface area contributed by atoms with Gasteiger partial charge in [-0.15, -0.1) is 0 Å². The quantitative estimate of drug-likeness (QED) is 0.164. The van der Waals surface area contributed by atoms with Crippen molar-refractivity contribution >= 4 is 40.0 Å². The molecule has 2 heterocycles. The number of hydrogen-bond donors (Lipinski definition) is 3. The van der Waals surface area contributed by atoms with E-state index in [9.17, 15) is 23.1 Å². The number of nitrogens with one attached hydrogen (secondary N) is 1. The van der Waals surface area contributed by atoms with Gasteiger partial charge in [-0.2, -0.15) is 18.3 Å². The van der Waals surface area contributed by atoms with Crippen LogP contribution < -0.4 is 5.32 Å². The molecule has 5 rings (SSSR count). The summed E-state index contributed by atoms with van der Waals surface area (Å²) in [6.07, 6.45) is 4.02. The normalized spacial score (nSPS) is 12.3. The average Bonchev–Trinajstić information content (AvgIpc) is 3.38. The van der Waals surface area contributed by atoms with E-state index in [2.05, 4.69) is 50.5 Å². The van der Waals surface area contributed by atoms with Gasteiger partial charge >= 0.3 is 18.1 Å². The molecule has 1 aliphatic rings. The van der Waals surface area contributed by atoms with E-state index >= 15 is 0 Å². The molecule has 0 amide bonds. The van der Waals surface area contributed by atoms with Crippen molar-refractivity contribution in [1.29, 1.82) is 0 Å². The molecule has 0 unspecified atom stereocenters. The molecule has 0 saturated carbocycles. The second-order valence-electron chi connectivity index (χ2n) is 10.00. The third-order valence-electron chi connectivity index (χ3n) is 6.88. The Morgan fingerprint density at radius 3 is 2.36 bits per heavy atom. The molecule has 3 N–H and O–H groups in total. The number of hydrogen-bond acceptors (Lipinski definition) is 5. The Labute approximate surface area is 260 Å². The monoisotopic (exact) mass is 670 g/mol. The van der Waals surface area contributed by atoms with Gasteiger partial charge in [-0.1, -0.05) is 64.5 Å². The zero-order chi connectivity index (χ0) is 31.7. The number of nitrogens with zero attached hydrogens (tertiary/aromatic N) is 3. The van der Waals surface area contributed by atoms with Gasteiger partial charge in [-0.25, -0.2) is 9.59 Å². The van der Waals surface area contributed by atoms with Crippen LogP contribution in [-0.2, 0) is 30.6 Å². The van der Waals surface area contributed by atoms with Crippen molar-refractivity contribution in [3.8, 4) is 11.3 Å². The molecule has 12 heteroatoms. The lowest BCUT2D eigenvalue weighted by atomic mass is 9.89. The van der Waals surface area contributed by atoms with Gasteiger partial charge in [0.1, 0.15) is 5.69 Å². The van der Waals surface area contributed by atoms with Crippen LogP contribution in [0, 0.1) is 0 Å². The smallest absolute Gasteiger partial charge is 0.477 e. The van der Waals surface area contributed by atoms with Crippen LogP contribution in [0.5, 0.6) is 0 Å². The number of carboxylic acids is 2. The van der Waals surface area contributed by atoms with E-state index in [0.29, 0.717) is 18.7 Å². The first-order chi connectivity index (χ1) is 21.0. The Kier molecular flexibility index (Phi) is 11.1. The molecule has 0 fully saturated rings. The second-order valence-corrected chi connectivity index (χ2v) is 10.9. The van der Waals surface area contributed by atoms with Gasteiger partial charge in [-0.05, 0) is 79.7 Å². The molecule has 4 aromatic rings. The first kappa shape index (κ1) is 32.6. The molecule has 0 aliphatic heterocycles. The first-order valence-corrected chi connectivity index (χ1v) is 14.6. The predicted octanol–water partition coefficient (Wildman–Crippen LogP) is 6.53. The summed E-state index contributed by atoms with van der Waals surface area (Å²) in [7, 11) is 0. The minimum atomic E-state index is -5.08. The third-order valence-corrected chi connectivity index (χ3v) is 7.40. The van der Waals surface area contributed by atoms with Crippen molar-refractivity contribution in [3.63, 3.8) is 0 Å². The number of halogens is 4. The highest BCUT2D eigenvalue weighted by Crippen LogP contribution is 2.35. The molecule has 44 heavy (non-hydrogen) atoms. The van der Waals surface area contributed by atoms with Crippen LogP contribution in [0.2, 0.25) is 0 Å². The van der Waals surface area contributed by atoms with Crippen molar-refractivity contribution in [2.24, 2.45) is 0 Å². The highest BCUT2D eigenvalue weighted by atomic mass is 79.9. The number of carbonyl (C=O) groups is 2. The maximum atomic E-state index is 12.2. The lowest BCUT2D eigenvalue weighted by molar-refractivity contribution is -0.192. The molecule has 0 radical (unpaired) electrons. The number of aromatic carboxylic acids is 1. The molecular weight excluding hydrogens is 641 g/mol. The van der Waals surface area contributed by atoms with Crippen molar-refractivity contribution in [3.05, 3.63) is 105 Å². The molecule has 2 aromatic carbocycles. The van der Waals surface area contributed by atoms with Crippen molar-refractivity contribution in [2.45, 2.75) is 38.4 Å². The summed E-state index contributed by atoms with van der Waals surface area (Å²) in [5.74, 6) is -3.67. The molecule has 0 saturated heterocycles. The van der Waals surface area contributed by atoms with Crippen LogP contribution in [0.1, 0.15) is 44.9 Å². The number of carboxylic acid groups (broad SMARTS) is 2. The minimum absolute atomic E-state index is 0.314. The lowest BCUT2D eigenvalue weighted by Crippen LogP contribution is -2.21. The fourth-order valence-corrected chi connectivity index (χ4v) is 5.00. The largest absolute Gasteiger partial charge is 0.490 e. The number of fused-ring (bicyclic) bond motifs is 3. The molecule has 0 atom stereocenters. The van der Waals surface area contributed by atoms with Crippen molar-refractivity contribution in [1.82, 2.24) is 20.1 Å². The van der Waals surface area contributed by atoms with Gasteiger partial charge in [0.05, 0.1) is 11.4 Å². The maximum Gasteiger partial charge on any atom is 0.490 e. The van der Waals surface area contributed by atoms with Crippen molar-refractivity contribution in [2.75, 3.05) is 13.1 Å². The lowest BCUT2D eigenvalue weighted by Gasteiger charge is -2.15. The summed E-state index contributed by atoms with van der Waals surface area (Å²) in [6.45, 7) is 2.23. The summed E-state index contributed by atoms with van der Waals surface area (Å²) in [5, 5.41) is 25.4. The van der Waals surface area contributed by atoms with Gasteiger partial charge in [0.15, 0.2) is 0 Å². The predicted molar refractivity (Wildman–Crippen MR) is 164 cm³/mol. The molecule has 1 aliphatic carbocycles. The molecule has 0 bridgehead atoms. The van der Waals surface area contributed by atoms with Crippen LogP contribution in [0.4, 0.5) is 13.2 Å². The fourth-order valence-electron chi connectivity index (χ4n) is 4.73. The number of aliphatic carboxylic acids is 1. The number of pyridine rings is 1. The van der Waals surface area contributed by atoms with Gasteiger partial charge in [0.25, 0.3) is 0 Å². The molecule has 8 nitrogen and oxygen atoms in total. The Morgan fingerprint density at radius 2 is 1.70 bits per heavy atom. The van der Waals surface area contributed by atoms with E-state index in [1.54, 1.807) is 4.68 Å². The molecular formula is C32H30BrF3N4O4. The van der Waals surface area contributed by atoms with E-state index in [0.717, 1.165) is 70.5 Å². The average molecular weight is 672 g/mol. The zero-order valence-corrected chi connectivity index (χ0v) is 25.1. The number of rotatable bonds is 10. The van der Waals surface area contributed by atoms with Gasteiger partial charge in [0, 0.05) is 28.3 Å². The molecule has 230 valence electrons. The van der Waals surface area contributed by atoms with Gasteiger partial charge < -0.3 is 15.5 Å². The third kappa shape index (κ3) is 8.87. The number of alkyl halides is 3. The summed E-state index contributed by atoms with van der Waals surface area (Å²) >= 11 is 3.46. The van der Waals surface area contributed by atoms with E-state index in [1.807, 2.05) is 54.7 Å². The maximum absolute atomic E-state index is 12.2. The molecule has 2 aromatic heterocycles. The van der Waals surface area contributed by atoms with E-state index in [1.165, 1.54) is 5.56 Å². The first-order valence-electron chi connectivity index (χ1n) is 13.8. The fraction of sp³-hybridized carbons (Fsp3) is 0.250. The van der Waals surface area contributed by atoms with Gasteiger partial charge in [-0.3, -0.25) is 9.67 Å². The molecule has 0 spiro atoms. The summed E-state index contributed by atoms with van der Waals surface area (Å²) in [5.41, 5.74) is 7.23. The zero-order valence-electron chi connectivity index (χ0n) is 23.5. The van der Waals surface area contributed by atoms with E-state index in [4.69, 9.17) is 15.0 Å². The van der Waals surface area contributed by atoms with Crippen LogP contribution in [-0.4, -0.2) is 56.2 Å². The number of benzene rings is 2. The summed E-state index contributed by atoms with van der Waals surface area (Å²) in [6, 6.07) is 20.5. The second kappa shape index (κ2) is 14.9. The highest BCUT2D eigenvalue weighted by molar-refractivity contribution is 9.10. The van der Waals surface area contributed by atoms with Gasteiger partial charge in [0.2, 0.25) is 0 Å². The minimum Gasteiger partial charge on any atom is -0.477 e. The summed E-state index contributed by atoms with van der Waals surface area (Å²) in [4.78, 5) is 25.7. The van der Waals surface area contributed by atoms with Crippen LogP contribution >= 0.6 is 15.9 Å². The number of aromatic nitrogens is 3. The van der Waals surface area contributed by atoms with Crippen LogP contribution in [0.15, 0.2) is 71.3 Å². The van der Waals surface area contributed by atoms with Crippen LogP contribution in [0.25, 0.3) is 23.4 Å². The summed E-state index contributed by atoms with van der Waals surface area (Å²) < 4.78 is 34.5. The standard InChI is InChI=1S/C30H29BrN4O2.C2HF3O2/c31-24-11-7-22(8-12-24)15-17-32-16-4-18-35-29(30(36)37)26-14-10-23-20-33-25(19-27(23)28(26)34-35)13-9-21-5-2-1-3-6-21;3-2(4,5)1(6)7/h1-3,5-9,11-13,19-20,32H,4,10,14-18H2,(H,36,37);(H,6,7). The number of aryl methyl sites for hydroxylation is 2. The van der Waals surface area contributed by atoms with E-state index < -0.39 is 18.1 Å². The Bertz CT molecular complexity index is 1620. The van der Waals surface area contributed by atoms with Crippen molar-refractivity contribution < 1.29 is 33.0 Å². The Morgan fingerprint density at radius 1 is 1.00 bits per heavy atom. The van der Waals surface area contributed by atoms with Crippen LogP contribution in [0.3, 0.4) is 0 Å². The Balaban J connectivity index is 0.000000566. The SMILES string of the molecule is O=C(O)C(F)(F)F.O=C(O)c1c2c(nn1CCCNCCc1ccc(Br)cc1)-c1cc(C=Cc3ccccc3)ncc1CC2. The Hall–Kier alpha value is -4.29. The van der Waals surface area contributed by atoms with E-state index in [-0.39, 0.29) is 0 Å². The highest BCUT2D eigenvalue weighted by Gasteiger charge is 2.38.